The van der Waals surface area contributed by atoms with Crippen molar-refractivity contribution < 1.29 is 4.79 Å². The summed E-state index contributed by atoms with van der Waals surface area (Å²) in [5.41, 5.74) is 5.97. The molecule has 1 aliphatic heterocycles. The Bertz CT molecular complexity index is 655. The summed E-state index contributed by atoms with van der Waals surface area (Å²) in [5, 5.41) is 10.1. The molecule has 0 radical (unpaired) electrons. The van der Waals surface area contributed by atoms with E-state index in [4.69, 9.17) is 5.73 Å². The molecule has 1 unspecified atom stereocenters. The standard InChI is InChI=1S/C13H18N6OS.ClH/c1-8-15-11-3-2-9(6-19(11)18-8)16-13(20)10-7-21-12(17-10)4-5-14;/h7,9H,2-6,14H2,1H3,(H,16,20);1H. The van der Waals surface area contributed by atoms with Crippen molar-refractivity contribution in [1.29, 1.82) is 0 Å². The monoisotopic (exact) mass is 342 g/mol. The number of aromatic nitrogens is 4. The molecule has 2 aromatic heterocycles. The van der Waals surface area contributed by atoms with Crippen LogP contribution in [0.2, 0.25) is 0 Å². The summed E-state index contributed by atoms with van der Waals surface area (Å²) in [5.74, 6) is 1.65. The van der Waals surface area contributed by atoms with Crippen LogP contribution in [0.1, 0.15) is 33.6 Å². The highest BCUT2D eigenvalue weighted by Crippen LogP contribution is 2.14. The minimum Gasteiger partial charge on any atom is -0.346 e. The number of aryl methyl sites for hydroxylation is 2. The number of thiazole rings is 1. The van der Waals surface area contributed by atoms with Crippen molar-refractivity contribution >= 4 is 29.7 Å². The Morgan fingerprint density at radius 3 is 3.14 bits per heavy atom. The second-order valence-corrected chi connectivity index (χ2v) is 6.07. The van der Waals surface area contributed by atoms with Crippen molar-refractivity contribution in [1.82, 2.24) is 25.1 Å². The number of nitrogens with one attached hydrogen (secondary N) is 1. The molecule has 1 atom stereocenters. The van der Waals surface area contributed by atoms with Crippen LogP contribution in [-0.2, 0) is 19.4 Å². The molecule has 2 aromatic rings. The average Bonchev–Trinajstić information content (AvgIpc) is 3.04. The van der Waals surface area contributed by atoms with E-state index in [2.05, 4.69) is 20.4 Å². The van der Waals surface area contributed by atoms with Gasteiger partial charge in [-0.15, -0.1) is 23.7 Å². The zero-order valence-corrected chi connectivity index (χ0v) is 13.9. The summed E-state index contributed by atoms with van der Waals surface area (Å²) in [4.78, 5) is 20.9. The minimum absolute atomic E-state index is 0. The molecule has 0 fully saturated rings. The van der Waals surface area contributed by atoms with Gasteiger partial charge in [0.2, 0.25) is 0 Å². The lowest BCUT2D eigenvalue weighted by Crippen LogP contribution is -2.41. The molecule has 0 bridgehead atoms. The maximum Gasteiger partial charge on any atom is 0.271 e. The highest BCUT2D eigenvalue weighted by atomic mass is 35.5. The van der Waals surface area contributed by atoms with Gasteiger partial charge in [-0.25, -0.2) is 14.6 Å². The number of hydrogen-bond donors (Lipinski definition) is 2. The topological polar surface area (TPSA) is 98.7 Å². The van der Waals surface area contributed by atoms with Crippen LogP contribution >= 0.6 is 23.7 Å². The van der Waals surface area contributed by atoms with Gasteiger partial charge >= 0.3 is 0 Å². The second kappa shape index (κ2) is 7.17. The molecule has 0 saturated heterocycles. The van der Waals surface area contributed by atoms with E-state index in [9.17, 15) is 4.79 Å². The van der Waals surface area contributed by atoms with Crippen molar-refractivity contribution in [2.45, 2.75) is 38.8 Å². The molecule has 0 aromatic carbocycles. The molecule has 3 N–H and O–H groups in total. The molecule has 9 heteroatoms. The van der Waals surface area contributed by atoms with Crippen LogP contribution < -0.4 is 11.1 Å². The van der Waals surface area contributed by atoms with E-state index in [0.29, 0.717) is 25.2 Å². The van der Waals surface area contributed by atoms with Crippen LogP contribution in [-0.4, -0.2) is 38.2 Å². The van der Waals surface area contributed by atoms with Gasteiger partial charge < -0.3 is 11.1 Å². The lowest BCUT2D eigenvalue weighted by molar-refractivity contribution is 0.0921. The highest BCUT2D eigenvalue weighted by molar-refractivity contribution is 7.09. The third kappa shape index (κ3) is 3.63. The maximum absolute atomic E-state index is 12.2. The smallest absolute Gasteiger partial charge is 0.271 e. The molecule has 0 spiro atoms. The third-order valence-corrected chi connectivity index (χ3v) is 4.35. The minimum atomic E-state index is -0.125. The fourth-order valence-electron chi connectivity index (χ4n) is 2.46. The average molecular weight is 343 g/mol. The summed E-state index contributed by atoms with van der Waals surface area (Å²) in [6.07, 6.45) is 2.42. The van der Waals surface area contributed by atoms with Crippen molar-refractivity contribution in [3.05, 3.63) is 27.7 Å². The van der Waals surface area contributed by atoms with Crippen molar-refractivity contribution in [2.24, 2.45) is 5.73 Å². The van der Waals surface area contributed by atoms with Crippen LogP contribution in [0.3, 0.4) is 0 Å². The Hall–Kier alpha value is -1.51. The van der Waals surface area contributed by atoms with Gasteiger partial charge in [-0.3, -0.25) is 4.79 Å². The molecule has 0 saturated carbocycles. The van der Waals surface area contributed by atoms with E-state index < -0.39 is 0 Å². The Morgan fingerprint density at radius 2 is 2.36 bits per heavy atom. The number of amides is 1. The van der Waals surface area contributed by atoms with Crippen molar-refractivity contribution in [2.75, 3.05) is 6.54 Å². The van der Waals surface area contributed by atoms with Gasteiger partial charge in [-0.05, 0) is 19.9 Å². The number of rotatable bonds is 4. The molecule has 3 heterocycles. The first-order valence-electron chi connectivity index (χ1n) is 7.01. The fourth-order valence-corrected chi connectivity index (χ4v) is 3.26. The predicted octanol–water partition coefficient (Wildman–Crippen LogP) is 0.711. The second-order valence-electron chi connectivity index (χ2n) is 5.13. The quantitative estimate of drug-likeness (QED) is 0.852. The summed E-state index contributed by atoms with van der Waals surface area (Å²) < 4.78 is 1.88. The molecular weight excluding hydrogens is 324 g/mol. The summed E-state index contributed by atoms with van der Waals surface area (Å²) in [7, 11) is 0. The zero-order valence-electron chi connectivity index (χ0n) is 12.3. The number of carbonyl (C=O) groups excluding carboxylic acids is 1. The van der Waals surface area contributed by atoms with Crippen LogP contribution in [0.15, 0.2) is 5.38 Å². The molecular formula is C13H19ClN6OS. The lowest BCUT2D eigenvalue weighted by atomic mass is 10.1. The number of carbonyl (C=O) groups is 1. The van der Waals surface area contributed by atoms with Gasteiger partial charge in [-0.1, -0.05) is 0 Å². The largest absolute Gasteiger partial charge is 0.346 e. The molecule has 7 nitrogen and oxygen atoms in total. The Labute approximate surface area is 138 Å². The van der Waals surface area contributed by atoms with E-state index in [1.165, 1.54) is 11.3 Å². The van der Waals surface area contributed by atoms with Gasteiger partial charge in [0.15, 0.2) is 0 Å². The van der Waals surface area contributed by atoms with Crippen LogP contribution in [0.5, 0.6) is 0 Å². The summed E-state index contributed by atoms with van der Waals surface area (Å²) in [6, 6.07) is 0.0748. The number of nitrogens with two attached hydrogens (primary N) is 1. The zero-order chi connectivity index (χ0) is 14.8. The van der Waals surface area contributed by atoms with E-state index in [-0.39, 0.29) is 24.4 Å². The SMILES string of the molecule is Cc1nc2n(n1)CC(NC(=O)c1csc(CCN)n1)CC2.Cl. The Morgan fingerprint density at radius 1 is 1.55 bits per heavy atom. The molecule has 3 rings (SSSR count). The van der Waals surface area contributed by atoms with Crippen LogP contribution in [0, 0.1) is 6.92 Å². The number of nitrogens with zero attached hydrogens (tertiary/aromatic N) is 4. The molecule has 0 aliphatic carbocycles. The summed E-state index contributed by atoms with van der Waals surface area (Å²) >= 11 is 1.48. The van der Waals surface area contributed by atoms with E-state index in [1.807, 2.05) is 11.6 Å². The normalized spacial score (nSPS) is 16.7. The van der Waals surface area contributed by atoms with Gasteiger partial charge in [0.1, 0.15) is 17.3 Å². The van der Waals surface area contributed by atoms with E-state index in [0.717, 1.165) is 29.5 Å². The molecule has 22 heavy (non-hydrogen) atoms. The third-order valence-electron chi connectivity index (χ3n) is 3.44. The van der Waals surface area contributed by atoms with Gasteiger partial charge in [0, 0.05) is 24.3 Å². The van der Waals surface area contributed by atoms with Crippen molar-refractivity contribution in [3.8, 4) is 0 Å². The Balaban J connectivity index is 0.00000176. The van der Waals surface area contributed by atoms with Gasteiger partial charge in [-0.2, -0.15) is 5.10 Å². The first-order valence-corrected chi connectivity index (χ1v) is 7.89. The summed E-state index contributed by atoms with van der Waals surface area (Å²) in [6.45, 7) is 3.10. The maximum atomic E-state index is 12.2. The number of halogens is 1. The number of fused-ring (bicyclic) bond motifs is 1. The van der Waals surface area contributed by atoms with Crippen LogP contribution in [0.25, 0.3) is 0 Å². The van der Waals surface area contributed by atoms with Gasteiger partial charge in [0.25, 0.3) is 5.91 Å². The first kappa shape index (κ1) is 16.9. The van der Waals surface area contributed by atoms with Crippen molar-refractivity contribution in [3.63, 3.8) is 0 Å². The van der Waals surface area contributed by atoms with Gasteiger partial charge in [0.05, 0.1) is 11.6 Å². The predicted molar refractivity (Wildman–Crippen MR) is 86.5 cm³/mol. The molecule has 120 valence electrons. The van der Waals surface area contributed by atoms with E-state index >= 15 is 0 Å². The highest BCUT2D eigenvalue weighted by Gasteiger charge is 2.23. The number of hydrogen-bond acceptors (Lipinski definition) is 6. The Kier molecular flexibility index (Phi) is 5.49. The molecule has 1 aliphatic rings. The van der Waals surface area contributed by atoms with E-state index in [1.54, 1.807) is 5.38 Å². The fraction of sp³-hybridized carbons (Fsp3) is 0.538. The lowest BCUT2D eigenvalue weighted by Gasteiger charge is -2.23. The first-order chi connectivity index (χ1) is 10.2. The van der Waals surface area contributed by atoms with Crippen LogP contribution in [0.4, 0.5) is 0 Å². The molecule has 1 amide bonds.